The highest BCUT2D eigenvalue weighted by molar-refractivity contribution is 7.91. The Hall–Kier alpha value is -0.940. The minimum atomic E-state index is -2.84. The molecule has 1 unspecified atom stereocenters. The smallest absolute Gasteiger partial charge is 0.152 e. The molecule has 1 aromatic heterocycles. The molecule has 0 bridgehead atoms. The summed E-state index contributed by atoms with van der Waals surface area (Å²) in [5, 5.41) is 3.29. The van der Waals surface area contributed by atoms with Crippen molar-refractivity contribution in [2.75, 3.05) is 11.5 Å². The number of nitrogens with one attached hydrogen (secondary N) is 1. The van der Waals surface area contributed by atoms with Gasteiger partial charge < -0.3 is 5.32 Å². The molecule has 2 heterocycles. The molecule has 88 valence electrons. The van der Waals surface area contributed by atoms with E-state index >= 15 is 0 Å². The molecule has 0 saturated carbocycles. The summed E-state index contributed by atoms with van der Waals surface area (Å²) in [6.07, 6.45) is 2.42. The van der Waals surface area contributed by atoms with E-state index in [1.165, 1.54) is 0 Å². The Labute approximate surface area is 96.0 Å². The summed E-state index contributed by atoms with van der Waals surface area (Å²) < 4.78 is 22.8. The topological polar surface area (TPSA) is 59.1 Å². The fourth-order valence-corrected chi connectivity index (χ4v) is 4.08. The Bertz CT molecular complexity index is 458. The van der Waals surface area contributed by atoms with Gasteiger partial charge >= 0.3 is 0 Å². The maximum absolute atomic E-state index is 11.4. The third-order valence-electron chi connectivity index (χ3n) is 2.93. The third-order valence-corrected chi connectivity index (χ3v) is 4.83. The van der Waals surface area contributed by atoms with E-state index in [-0.39, 0.29) is 11.3 Å². The van der Waals surface area contributed by atoms with Gasteiger partial charge in [-0.25, -0.2) is 8.42 Å². The first kappa shape index (κ1) is 11.5. The molecule has 1 aliphatic heterocycles. The van der Waals surface area contributed by atoms with Crippen molar-refractivity contribution in [2.24, 2.45) is 0 Å². The predicted octanol–water partition coefficient (Wildman–Crippen LogP) is 0.748. The van der Waals surface area contributed by atoms with Gasteiger partial charge in [0.15, 0.2) is 9.84 Å². The van der Waals surface area contributed by atoms with Gasteiger partial charge in [0, 0.05) is 18.3 Å². The lowest BCUT2D eigenvalue weighted by atomic mass is 10.0. The first-order valence-corrected chi connectivity index (χ1v) is 7.17. The molecule has 1 atom stereocenters. The van der Waals surface area contributed by atoms with Crippen LogP contribution in [0.1, 0.15) is 19.0 Å². The lowest BCUT2D eigenvalue weighted by molar-refractivity contribution is 0.393. The monoisotopic (exact) mass is 240 g/mol. The molecule has 2 rings (SSSR count). The minimum Gasteiger partial charge on any atom is -0.305 e. The molecular weight excluding hydrogens is 224 g/mol. The van der Waals surface area contributed by atoms with Crippen molar-refractivity contribution in [3.63, 3.8) is 0 Å². The zero-order valence-corrected chi connectivity index (χ0v) is 10.1. The van der Waals surface area contributed by atoms with Gasteiger partial charge in [-0.05, 0) is 25.5 Å². The molecule has 0 radical (unpaired) electrons. The van der Waals surface area contributed by atoms with Gasteiger partial charge in [-0.3, -0.25) is 4.98 Å². The Kier molecular flexibility index (Phi) is 2.99. The standard InChI is InChI=1S/C11H16N2O2S/c1-11(5-7-16(14,15)9-11)13-8-10-4-2-3-6-12-10/h2-4,6,13H,5,7-9H2,1H3. The Balaban J connectivity index is 1.96. The normalized spacial score (nSPS) is 28.1. The van der Waals surface area contributed by atoms with Crippen LogP contribution in [0.3, 0.4) is 0 Å². The quantitative estimate of drug-likeness (QED) is 0.847. The largest absolute Gasteiger partial charge is 0.305 e. The maximum Gasteiger partial charge on any atom is 0.152 e. The number of sulfone groups is 1. The molecule has 16 heavy (non-hydrogen) atoms. The van der Waals surface area contributed by atoms with E-state index in [9.17, 15) is 8.42 Å². The zero-order valence-electron chi connectivity index (χ0n) is 9.31. The molecule has 4 nitrogen and oxygen atoms in total. The van der Waals surface area contributed by atoms with Crippen LogP contribution in [0.4, 0.5) is 0 Å². The molecule has 1 saturated heterocycles. The Morgan fingerprint density at radius 3 is 2.88 bits per heavy atom. The van der Waals surface area contributed by atoms with Crippen LogP contribution < -0.4 is 5.32 Å². The van der Waals surface area contributed by atoms with Crippen molar-refractivity contribution >= 4 is 9.84 Å². The highest BCUT2D eigenvalue weighted by Gasteiger charge is 2.37. The second-order valence-electron chi connectivity index (χ2n) is 4.58. The van der Waals surface area contributed by atoms with Gasteiger partial charge in [-0.15, -0.1) is 0 Å². The average Bonchev–Trinajstić information content (AvgIpc) is 2.53. The summed E-state index contributed by atoms with van der Waals surface area (Å²) >= 11 is 0. The summed E-state index contributed by atoms with van der Waals surface area (Å²) in [4.78, 5) is 4.20. The van der Waals surface area contributed by atoms with Crippen LogP contribution in [-0.4, -0.2) is 30.4 Å². The lowest BCUT2D eigenvalue weighted by Crippen LogP contribution is -2.42. The molecule has 1 aromatic rings. The van der Waals surface area contributed by atoms with E-state index in [0.29, 0.717) is 18.7 Å². The van der Waals surface area contributed by atoms with Crippen molar-refractivity contribution < 1.29 is 8.42 Å². The summed E-state index contributed by atoms with van der Waals surface area (Å²) in [6, 6.07) is 5.72. The fraction of sp³-hybridized carbons (Fsp3) is 0.545. The van der Waals surface area contributed by atoms with E-state index in [1.54, 1.807) is 6.20 Å². The third kappa shape index (κ3) is 2.80. The van der Waals surface area contributed by atoms with E-state index < -0.39 is 9.84 Å². The summed E-state index contributed by atoms with van der Waals surface area (Å²) in [6.45, 7) is 2.58. The Morgan fingerprint density at radius 2 is 2.31 bits per heavy atom. The molecule has 0 aliphatic carbocycles. The van der Waals surface area contributed by atoms with Crippen LogP contribution in [0, 0.1) is 0 Å². The molecule has 0 amide bonds. The van der Waals surface area contributed by atoms with Gasteiger partial charge in [0.25, 0.3) is 0 Å². The molecule has 1 aliphatic rings. The lowest BCUT2D eigenvalue weighted by Gasteiger charge is -2.23. The predicted molar refractivity (Wildman–Crippen MR) is 62.8 cm³/mol. The number of hydrogen-bond donors (Lipinski definition) is 1. The second kappa shape index (κ2) is 4.14. The van der Waals surface area contributed by atoms with Crippen molar-refractivity contribution in [1.82, 2.24) is 10.3 Å². The van der Waals surface area contributed by atoms with Crippen molar-refractivity contribution in [1.29, 1.82) is 0 Å². The van der Waals surface area contributed by atoms with Crippen molar-refractivity contribution in [3.05, 3.63) is 30.1 Å². The van der Waals surface area contributed by atoms with E-state index in [2.05, 4.69) is 10.3 Å². The number of pyridine rings is 1. The molecule has 0 aromatic carbocycles. The van der Waals surface area contributed by atoms with E-state index in [0.717, 1.165) is 5.69 Å². The Morgan fingerprint density at radius 1 is 1.50 bits per heavy atom. The average molecular weight is 240 g/mol. The van der Waals surface area contributed by atoms with Crippen LogP contribution >= 0.6 is 0 Å². The molecule has 5 heteroatoms. The van der Waals surface area contributed by atoms with Crippen LogP contribution in [0.25, 0.3) is 0 Å². The van der Waals surface area contributed by atoms with E-state index in [4.69, 9.17) is 0 Å². The molecular formula is C11H16N2O2S. The van der Waals surface area contributed by atoms with Crippen LogP contribution in [-0.2, 0) is 16.4 Å². The molecule has 0 spiro atoms. The summed E-state index contributed by atoms with van der Waals surface area (Å²) in [5.41, 5.74) is 0.643. The molecule has 1 fully saturated rings. The second-order valence-corrected chi connectivity index (χ2v) is 6.76. The summed E-state index contributed by atoms with van der Waals surface area (Å²) in [7, 11) is -2.84. The highest BCUT2D eigenvalue weighted by Crippen LogP contribution is 2.22. The van der Waals surface area contributed by atoms with Gasteiger partial charge in [0.05, 0.1) is 17.2 Å². The number of nitrogens with zero attached hydrogens (tertiary/aromatic N) is 1. The molecule has 1 N–H and O–H groups in total. The fourth-order valence-electron chi connectivity index (χ4n) is 1.96. The first-order chi connectivity index (χ1) is 7.49. The minimum absolute atomic E-state index is 0.229. The van der Waals surface area contributed by atoms with Gasteiger partial charge in [0.2, 0.25) is 0 Å². The number of aromatic nitrogens is 1. The maximum atomic E-state index is 11.4. The van der Waals surface area contributed by atoms with Crippen molar-refractivity contribution in [3.8, 4) is 0 Å². The van der Waals surface area contributed by atoms with Crippen molar-refractivity contribution in [2.45, 2.75) is 25.4 Å². The van der Waals surface area contributed by atoms with Crippen LogP contribution in [0.2, 0.25) is 0 Å². The number of rotatable bonds is 3. The van der Waals surface area contributed by atoms with Crippen LogP contribution in [0.5, 0.6) is 0 Å². The first-order valence-electron chi connectivity index (χ1n) is 5.35. The van der Waals surface area contributed by atoms with E-state index in [1.807, 2.05) is 25.1 Å². The van der Waals surface area contributed by atoms with Gasteiger partial charge in [0.1, 0.15) is 0 Å². The number of hydrogen-bond acceptors (Lipinski definition) is 4. The highest BCUT2D eigenvalue weighted by atomic mass is 32.2. The van der Waals surface area contributed by atoms with Crippen LogP contribution in [0.15, 0.2) is 24.4 Å². The van der Waals surface area contributed by atoms with Gasteiger partial charge in [-0.1, -0.05) is 6.07 Å². The SMILES string of the molecule is CC1(NCc2ccccn2)CCS(=O)(=O)C1. The van der Waals surface area contributed by atoms with Gasteiger partial charge in [-0.2, -0.15) is 0 Å². The summed E-state index contributed by atoms with van der Waals surface area (Å²) in [5.74, 6) is 0.519. The zero-order chi connectivity index (χ0) is 11.6.